The molecule has 2 radical (unpaired) electrons. The van der Waals surface area contributed by atoms with Gasteiger partial charge < -0.3 is 5.23 Å². The Balaban J connectivity index is 2.30. The Morgan fingerprint density at radius 1 is 2.00 bits per heavy atom. The third kappa shape index (κ3) is 1.60. The Labute approximate surface area is 27.1 Å². The van der Waals surface area contributed by atoms with Gasteiger partial charge in [-0.15, -0.1) is 0 Å². The van der Waals surface area contributed by atoms with Gasteiger partial charge in [-0.05, 0) is 6.20 Å². The molecule has 0 saturated carbocycles. The monoisotopic (exact) mass is 53.0 g/mol. The fourth-order valence-electron chi connectivity index (χ4n) is 0. The Hall–Kier alpha value is -0.395. The fraction of sp³-hybridized carbons (Fsp3) is 0. The van der Waals surface area contributed by atoms with Gasteiger partial charge in [-0.1, -0.05) is 6.58 Å². The second kappa shape index (κ2) is 2.60. The predicted molar refractivity (Wildman–Crippen MR) is 19.1 cm³/mol. The van der Waals surface area contributed by atoms with Crippen LogP contribution in [0.2, 0.25) is 0 Å². The minimum Gasteiger partial charge on any atom is -0.443 e. The van der Waals surface area contributed by atoms with Crippen molar-refractivity contribution in [1.82, 2.24) is 5.23 Å². The van der Waals surface area contributed by atoms with E-state index < -0.39 is 0 Å². The largest absolute Gasteiger partial charge is 0.443 e. The lowest BCUT2D eigenvalue weighted by molar-refractivity contribution is 1.41. The molecule has 0 atom stereocenters. The van der Waals surface area contributed by atoms with Crippen molar-refractivity contribution in [3.8, 4) is 0 Å². The Morgan fingerprint density at radius 3 is 2.25 bits per heavy atom. The molecule has 0 aliphatic rings. The summed E-state index contributed by atoms with van der Waals surface area (Å²) in [5, 5.41) is 2.19. The highest BCUT2D eigenvalue weighted by atomic mass is 14.7. The van der Waals surface area contributed by atoms with Crippen molar-refractivity contribution in [2.45, 2.75) is 0 Å². The smallest absolute Gasteiger partial charge is 0.221 e. The summed E-state index contributed by atoms with van der Waals surface area (Å²) in [6, 6.07) is 0. The lowest BCUT2D eigenvalue weighted by Gasteiger charge is -1.70. The van der Waals surface area contributed by atoms with Gasteiger partial charge in [-0.25, -0.2) is 0 Å². The maximum absolute atomic E-state index is 4.66. The van der Waals surface area contributed by atoms with Gasteiger partial charge in [-0.3, -0.25) is 0 Å². The van der Waals surface area contributed by atoms with E-state index in [1.165, 1.54) is 6.20 Å². The standard InChI is InChI=1S/C2H4BN/c1-2-4-3/h2,4H,1H2. The van der Waals surface area contributed by atoms with Gasteiger partial charge in [0.25, 0.3) is 0 Å². The van der Waals surface area contributed by atoms with Crippen LogP contribution in [0.5, 0.6) is 0 Å². The van der Waals surface area contributed by atoms with Crippen LogP contribution in [0.4, 0.5) is 0 Å². The summed E-state index contributed by atoms with van der Waals surface area (Å²) in [6.07, 6.45) is 1.40. The van der Waals surface area contributed by atoms with Crippen molar-refractivity contribution in [3.63, 3.8) is 0 Å². The average molecular weight is 52.9 g/mol. The lowest BCUT2D eigenvalue weighted by atomic mass is 10.4. The van der Waals surface area contributed by atoms with Gasteiger partial charge in [-0.2, -0.15) is 0 Å². The van der Waals surface area contributed by atoms with E-state index in [-0.39, 0.29) is 0 Å². The first-order valence-corrected chi connectivity index (χ1v) is 0.986. The predicted octanol–water partition coefficient (Wildman–Crippen LogP) is -0.197. The van der Waals surface area contributed by atoms with E-state index >= 15 is 0 Å². The van der Waals surface area contributed by atoms with Crippen LogP contribution in [0.15, 0.2) is 12.8 Å². The van der Waals surface area contributed by atoms with Crippen LogP contribution >= 0.6 is 0 Å². The maximum Gasteiger partial charge on any atom is 0.221 e. The molecule has 0 saturated heterocycles. The van der Waals surface area contributed by atoms with Crippen LogP contribution in [0.3, 0.4) is 0 Å². The highest BCUT2D eigenvalue weighted by Crippen LogP contribution is 1.30. The van der Waals surface area contributed by atoms with E-state index in [2.05, 4.69) is 19.8 Å². The normalized spacial score (nSPS) is 5.00. The molecule has 0 aliphatic heterocycles. The van der Waals surface area contributed by atoms with Crippen molar-refractivity contribution in [1.29, 1.82) is 0 Å². The van der Waals surface area contributed by atoms with Gasteiger partial charge in [0.1, 0.15) is 0 Å². The molecule has 0 fully saturated rings. The van der Waals surface area contributed by atoms with E-state index in [1.54, 1.807) is 0 Å². The number of hydrogen-bond donors (Lipinski definition) is 1. The van der Waals surface area contributed by atoms with Crippen molar-refractivity contribution >= 4 is 7.98 Å². The van der Waals surface area contributed by atoms with E-state index in [0.717, 1.165) is 0 Å². The van der Waals surface area contributed by atoms with Crippen molar-refractivity contribution in [2.24, 2.45) is 0 Å². The first kappa shape index (κ1) is 3.60. The molecule has 0 aromatic heterocycles. The van der Waals surface area contributed by atoms with Crippen molar-refractivity contribution < 1.29 is 0 Å². The van der Waals surface area contributed by atoms with Crippen LogP contribution in [0, 0.1) is 0 Å². The summed E-state index contributed by atoms with van der Waals surface area (Å²) >= 11 is 0. The van der Waals surface area contributed by atoms with Gasteiger partial charge >= 0.3 is 0 Å². The average Bonchev–Trinajstić information content (AvgIpc) is 1.37. The lowest BCUT2D eigenvalue weighted by Crippen LogP contribution is -1.91. The Bertz CT molecular complexity index is 20.0. The SMILES string of the molecule is [B]NC=C. The minimum absolute atomic E-state index is 1.40. The second-order valence-corrected chi connectivity index (χ2v) is 0.371. The van der Waals surface area contributed by atoms with Gasteiger partial charge in [0.2, 0.25) is 7.98 Å². The van der Waals surface area contributed by atoms with Crippen LogP contribution in [0.1, 0.15) is 0 Å². The molecule has 4 heavy (non-hydrogen) atoms. The molecule has 0 aromatic carbocycles. The van der Waals surface area contributed by atoms with Gasteiger partial charge in [0.05, 0.1) is 0 Å². The van der Waals surface area contributed by atoms with E-state index in [0.29, 0.717) is 0 Å². The zero-order valence-corrected chi connectivity index (χ0v) is 2.36. The summed E-state index contributed by atoms with van der Waals surface area (Å²) in [5.74, 6) is 0. The van der Waals surface area contributed by atoms with Crippen LogP contribution in [-0.2, 0) is 0 Å². The minimum atomic E-state index is 1.40. The molecule has 1 N–H and O–H groups in total. The molecular formula is C2H4BN. The summed E-state index contributed by atoms with van der Waals surface area (Å²) in [5.41, 5.74) is 0. The maximum atomic E-state index is 4.66. The molecule has 2 heteroatoms. The molecular weight excluding hydrogens is 48.8 g/mol. The molecule has 1 nitrogen and oxygen atoms in total. The quantitative estimate of drug-likeness (QED) is 0.408. The van der Waals surface area contributed by atoms with Crippen LogP contribution < -0.4 is 5.23 Å². The molecule has 0 bridgehead atoms. The molecule has 0 heterocycles. The summed E-state index contributed by atoms with van der Waals surface area (Å²) in [4.78, 5) is 0. The highest BCUT2D eigenvalue weighted by molar-refractivity contribution is 6.04. The summed E-state index contributed by atoms with van der Waals surface area (Å²) in [6.45, 7) is 3.24. The number of nitrogens with one attached hydrogen (secondary N) is 1. The van der Waals surface area contributed by atoms with Gasteiger partial charge in [0.15, 0.2) is 0 Å². The fourth-order valence-corrected chi connectivity index (χ4v) is 0. The van der Waals surface area contributed by atoms with Crippen molar-refractivity contribution in [3.05, 3.63) is 12.8 Å². The molecule has 0 spiro atoms. The molecule has 20 valence electrons. The Kier molecular flexibility index (Phi) is 2.35. The first-order chi connectivity index (χ1) is 1.91. The third-order valence-electron chi connectivity index (χ3n) is 0.118. The number of rotatable bonds is 1. The van der Waals surface area contributed by atoms with E-state index in [1.807, 2.05) is 0 Å². The summed E-state index contributed by atoms with van der Waals surface area (Å²) < 4.78 is 0. The molecule has 0 aliphatic carbocycles. The Morgan fingerprint density at radius 2 is 2.25 bits per heavy atom. The molecule has 0 aromatic rings. The van der Waals surface area contributed by atoms with E-state index in [4.69, 9.17) is 0 Å². The first-order valence-electron chi connectivity index (χ1n) is 0.986. The highest BCUT2D eigenvalue weighted by Gasteiger charge is 1.37. The zero-order valence-electron chi connectivity index (χ0n) is 2.36. The second-order valence-electron chi connectivity index (χ2n) is 0.371. The molecule has 0 amide bonds. The zero-order chi connectivity index (χ0) is 3.41. The van der Waals surface area contributed by atoms with Crippen molar-refractivity contribution in [2.75, 3.05) is 0 Å². The number of hydrogen-bond acceptors (Lipinski definition) is 1. The summed E-state index contributed by atoms with van der Waals surface area (Å²) in [7, 11) is 4.66. The van der Waals surface area contributed by atoms with Crippen LogP contribution in [0.25, 0.3) is 0 Å². The topological polar surface area (TPSA) is 12.0 Å². The third-order valence-corrected chi connectivity index (χ3v) is 0.118. The molecule has 0 unspecified atom stereocenters. The van der Waals surface area contributed by atoms with E-state index in [9.17, 15) is 0 Å². The van der Waals surface area contributed by atoms with Crippen LogP contribution in [-0.4, -0.2) is 7.98 Å². The molecule has 0 rings (SSSR count). The van der Waals surface area contributed by atoms with Gasteiger partial charge in [0, 0.05) is 0 Å².